The molecular weight excluding hydrogens is 405 g/mol. The highest BCUT2D eigenvalue weighted by Gasteiger charge is 2.26. The van der Waals surface area contributed by atoms with Crippen LogP contribution >= 0.6 is 0 Å². The summed E-state index contributed by atoms with van der Waals surface area (Å²) in [6.07, 6.45) is 2.41. The van der Waals surface area contributed by atoms with Crippen LogP contribution in [-0.4, -0.2) is 47.8 Å². The number of nitrogens with one attached hydrogen (secondary N) is 1. The Morgan fingerprint density at radius 1 is 1.03 bits per heavy atom. The Morgan fingerprint density at radius 2 is 1.66 bits per heavy atom. The molecule has 1 fully saturated rings. The second kappa shape index (κ2) is 11.8. The van der Waals surface area contributed by atoms with Crippen molar-refractivity contribution in [1.82, 2.24) is 15.1 Å². The van der Waals surface area contributed by atoms with Crippen LogP contribution in [0, 0.1) is 18.7 Å². The Balaban J connectivity index is 1.44. The number of halogens is 1. The van der Waals surface area contributed by atoms with E-state index < -0.39 is 0 Å². The lowest BCUT2D eigenvalue weighted by atomic mass is 9.95. The highest BCUT2D eigenvalue weighted by Crippen LogP contribution is 2.18. The molecule has 0 aliphatic carbocycles. The summed E-state index contributed by atoms with van der Waals surface area (Å²) in [4.78, 5) is 29.6. The SMILES string of the molecule is CCCN(Cc1ccc(C)cc1)C(=O)CN1CCC(C(=O)NCc2ccc(F)cc2)CC1. The average Bonchev–Trinajstić information content (AvgIpc) is 2.80. The molecule has 0 saturated carbocycles. The van der Waals surface area contributed by atoms with Gasteiger partial charge in [0.1, 0.15) is 5.82 Å². The first-order valence-electron chi connectivity index (χ1n) is 11.5. The van der Waals surface area contributed by atoms with E-state index in [2.05, 4.69) is 48.3 Å². The number of carbonyl (C=O) groups is 2. The van der Waals surface area contributed by atoms with E-state index in [1.165, 1.54) is 17.7 Å². The van der Waals surface area contributed by atoms with Crippen molar-refractivity contribution in [2.75, 3.05) is 26.2 Å². The average molecular weight is 440 g/mol. The van der Waals surface area contributed by atoms with Gasteiger partial charge in [0, 0.05) is 25.6 Å². The number of aryl methyl sites for hydroxylation is 1. The van der Waals surface area contributed by atoms with Crippen molar-refractivity contribution in [2.45, 2.75) is 46.2 Å². The zero-order valence-corrected chi connectivity index (χ0v) is 19.1. The van der Waals surface area contributed by atoms with Gasteiger partial charge >= 0.3 is 0 Å². The zero-order chi connectivity index (χ0) is 22.9. The molecule has 5 nitrogen and oxygen atoms in total. The molecule has 32 heavy (non-hydrogen) atoms. The third kappa shape index (κ3) is 7.16. The molecule has 0 bridgehead atoms. The molecule has 1 heterocycles. The number of amides is 2. The van der Waals surface area contributed by atoms with Crippen molar-refractivity contribution >= 4 is 11.8 Å². The van der Waals surface area contributed by atoms with E-state index in [-0.39, 0.29) is 23.5 Å². The fraction of sp³-hybridized carbons (Fsp3) is 0.462. The van der Waals surface area contributed by atoms with Gasteiger partial charge in [0.25, 0.3) is 0 Å². The minimum Gasteiger partial charge on any atom is -0.352 e. The fourth-order valence-electron chi connectivity index (χ4n) is 4.06. The van der Waals surface area contributed by atoms with Crippen LogP contribution in [0.5, 0.6) is 0 Å². The minimum absolute atomic E-state index is 0.0345. The molecule has 2 amide bonds. The molecule has 2 aromatic carbocycles. The second-order valence-electron chi connectivity index (χ2n) is 8.70. The van der Waals surface area contributed by atoms with Crippen LogP contribution in [0.15, 0.2) is 48.5 Å². The van der Waals surface area contributed by atoms with Gasteiger partial charge in [-0.1, -0.05) is 48.9 Å². The summed E-state index contributed by atoms with van der Waals surface area (Å²) in [5.41, 5.74) is 3.24. The predicted molar refractivity (Wildman–Crippen MR) is 124 cm³/mol. The number of likely N-dealkylation sites (tertiary alicyclic amines) is 1. The Bertz CT molecular complexity index is 875. The van der Waals surface area contributed by atoms with E-state index in [4.69, 9.17) is 0 Å². The summed E-state index contributed by atoms with van der Waals surface area (Å²) >= 11 is 0. The van der Waals surface area contributed by atoms with E-state index in [0.29, 0.717) is 19.6 Å². The molecule has 0 radical (unpaired) electrons. The molecule has 3 rings (SSSR count). The van der Waals surface area contributed by atoms with E-state index in [0.717, 1.165) is 50.0 Å². The lowest BCUT2D eigenvalue weighted by Crippen LogP contribution is -2.45. The molecule has 0 aromatic heterocycles. The van der Waals surface area contributed by atoms with Gasteiger partial charge in [0.05, 0.1) is 6.54 Å². The summed E-state index contributed by atoms with van der Waals surface area (Å²) in [5, 5.41) is 2.95. The third-order valence-electron chi connectivity index (χ3n) is 6.04. The van der Waals surface area contributed by atoms with Crippen molar-refractivity contribution in [3.63, 3.8) is 0 Å². The molecule has 0 atom stereocenters. The monoisotopic (exact) mass is 439 g/mol. The molecule has 1 N–H and O–H groups in total. The Morgan fingerprint density at radius 3 is 2.28 bits per heavy atom. The topological polar surface area (TPSA) is 52.7 Å². The van der Waals surface area contributed by atoms with E-state index in [1.807, 2.05) is 4.90 Å². The number of nitrogens with zero attached hydrogens (tertiary/aromatic N) is 2. The van der Waals surface area contributed by atoms with Gasteiger partial charge in [-0.2, -0.15) is 0 Å². The quantitative estimate of drug-likeness (QED) is 0.645. The molecule has 2 aromatic rings. The standard InChI is InChI=1S/C26H34FN3O2/c1-3-14-30(18-22-6-4-20(2)5-7-22)25(31)19-29-15-12-23(13-16-29)26(32)28-17-21-8-10-24(27)11-9-21/h4-11,23H,3,12-19H2,1-2H3,(H,28,32). The van der Waals surface area contributed by atoms with Crippen LogP contribution in [0.1, 0.15) is 42.9 Å². The van der Waals surface area contributed by atoms with Crippen LogP contribution in [0.4, 0.5) is 4.39 Å². The summed E-state index contributed by atoms with van der Waals surface area (Å²) < 4.78 is 13.0. The van der Waals surface area contributed by atoms with Crippen molar-refractivity contribution in [3.8, 4) is 0 Å². The Labute approximate surface area is 190 Å². The molecular formula is C26H34FN3O2. The lowest BCUT2D eigenvalue weighted by molar-refractivity contribution is -0.133. The van der Waals surface area contributed by atoms with Crippen molar-refractivity contribution in [3.05, 3.63) is 71.0 Å². The van der Waals surface area contributed by atoms with Crippen LogP contribution < -0.4 is 5.32 Å². The number of carbonyl (C=O) groups excluding carboxylic acids is 2. The fourth-order valence-corrected chi connectivity index (χ4v) is 4.06. The first-order valence-corrected chi connectivity index (χ1v) is 11.5. The maximum absolute atomic E-state index is 13.0. The zero-order valence-electron chi connectivity index (χ0n) is 19.1. The van der Waals surface area contributed by atoms with Gasteiger partial charge in [-0.3, -0.25) is 14.5 Å². The number of hydrogen-bond acceptors (Lipinski definition) is 3. The predicted octanol–water partition coefficient (Wildman–Crippen LogP) is 3.90. The molecule has 1 aliphatic heterocycles. The number of hydrogen-bond donors (Lipinski definition) is 1. The molecule has 172 valence electrons. The van der Waals surface area contributed by atoms with Crippen LogP contribution in [-0.2, 0) is 22.7 Å². The molecule has 0 unspecified atom stereocenters. The second-order valence-corrected chi connectivity index (χ2v) is 8.70. The van der Waals surface area contributed by atoms with Gasteiger partial charge < -0.3 is 10.2 Å². The molecule has 6 heteroatoms. The largest absolute Gasteiger partial charge is 0.352 e. The lowest BCUT2D eigenvalue weighted by Gasteiger charge is -2.32. The van der Waals surface area contributed by atoms with Gasteiger partial charge in [-0.15, -0.1) is 0 Å². The maximum Gasteiger partial charge on any atom is 0.237 e. The van der Waals surface area contributed by atoms with Crippen LogP contribution in [0.3, 0.4) is 0 Å². The number of rotatable bonds is 9. The summed E-state index contributed by atoms with van der Waals surface area (Å²) in [6.45, 7) is 7.81. The van der Waals surface area contributed by atoms with Gasteiger partial charge in [-0.05, 0) is 62.5 Å². The van der Waals surface area contributed by atoms with Crippen molar-refractivity contribution < 1.29 is 14.0 Å². The normalized spacial score (nSPS) is 14.8. The van der Waals surface area contributed by atoms with Gasteiger partial charge in [-0.25, -0.2) is 4.39 Å². The van der Waals surface area contributed by atoms with E-state index in [9.17, 15) is 14.0 Å². The minimum atomic E-state index is -0.279. The van der Waals surface area contributed by atoms with Gasteiger partial charge in [0.15, 0.2) is 0 Å². The molecule has 1 saturated heterocycles. The van der Waals surface area contributed by atoms with Crippen molar-refractivity contribution in [1.29, 1.82) is 0 Å². The van der Waals surface area contributed by atoms with Crippen molar-refractivity contribution in [2.24, 2.45) is 5.92 Å². The maximum atomic E-state index is 13.0. The third-order valence-corrected chi connectivity index (χ3v) is 6.04. The highest BCUT2D eigenvalue weighted by atomic mass is 19.1. The highest BCUT2D eigenvalue weighted by molar-refractivity contribution is 5.79. The van der Waals surface area contributed by atoms with Crippen LogP contribution in [0.2, 0.25) is 0 Å². The summed E-state index contributed by atoms with van der Waals surface area (Å²) in [5.74, 6) is -0.140. The Hall–Kier alpha value is -2.73. The first-order chi connectivity index (χ1) is 15.4. The van der Waals surface area contributed by atoms with Gasteiger partial charge in [0.2, 0.25) is 11.8 Å². The molecule has 1 aliphatic rings. The first kappa shape index (κ1) is 23.9. The number of benzene rings is 2. The number of piperidine rings is 1. The summed E-state index contributed by atoms with van der Waals surface area (Å²) in [6, 6.07) is 14.5. The molecule has 0 spiro atoms. The van der Waals surface area contributed by atoms with Crippen LogP contribution in [0.25, 0.3) is 0 Å². The summed E-state index contributed by atoms with van der Waals surface area (Å²) in [7, 11) is 0. The Kier molecular flexibility index (Phi) is 8.80. The smallest absolute Gasteiger partial charge is 0.237 e. The van der Waals surface area contributed by atoms with E-state index in [1.54, 1.807) is 12.1 Å². The van der Waals surface area contributed by atoms with E-state index >= 15 is 0 Å².